The second-order valence-corrected chi connectivity index (χ2v) is 7.15. The minimum absolute atomic E-state index is 0.257. The Morgan fingerprint density at radius 1 is 1.15 bits per heavy atom. The quantitative estimate of drug-likeness (QED) is 0.677. The molecule has 0 spiro atoms. The molecular weight excluding hydrogens is 393 g/mol. The number of aromatic amines is 1. The lowest BCUT2D eigenvalue weighted by Crippen LogP contribution is -2.20. The molecule has 3 rings (SSSR count). The highest BCUT2D eigenvalue weighted by Gasteiger charge is 2.09. The maximum absolute atomic E-state index is 12.5. The minimum Gasteiger partial charge on any atom is -0.496 e. The third-order valence-electron chi connectivity index (χ3n) is 3.58. The van der Waals surface area contributed by atoms with E-state index in [1.807, 2.05) is 0 Å². The molecule has 1 aromatic heterocycles. The summed E-state index contributed by atoms with van der Waals surface area (Å²) in [6.45, 7) is 0. The van der Waals surface area contributed by atoms with Crippen LogP contribution in [0.4, 0.5) is 0 Å². The Balaban J connectivity index is 2.04. The molecule has 0 saturated carbocycles. The van der Waals surface area contributed by atoms with Gasteiger partial charge in [-0.2, -0.15) is 0 Å². The minimum atomic E-state index is -0.301. The van der Waals surface area contributed by atoms with Gasteiger partial charge in [0, 0.05) is 6.08 Å². The van der Waals surface area contributed by atoms with Crippen molar-refractivity contribution in [1.29, 1.82) is 0 Å². The number of hydrogen-bond donors (Lipinski definition) is 1. The Labute approximate surface area is 163 Å². The number of nitrogens with one attached hydrogen (secondary N) is 1. The smallest absolute Gasteiger partial charge is 0.266 e. The van der Waals surface area contributed by atoms with Gasteiger partial charge in [0.2, 0.25) is 0 Å². The molecule has 0 bridgehead atoms. The van der Waals surface area contributed by atoms with Crippen molar-refractivity contribution in [2.45, 2.75) is 0 Å². The van der Waals surface area contributed by atoms with E-state index in [-0.39, 0.29) is 11.3 Å². The zero-order valence-corrected chi connectivity index (χ0v) is 15.9. The molecular formula is C19H13Cl2NO3S. The summed E-state index contributed by atoms with van der Waals surface area (Å²) >= 11 is 13.3. The van der Waals surface area contributed by atoms with Crippen LogP contribution in [0.2, 0.25) is 10.0 Å². The number of methoxy groups -OCH3 is 1. The maximum Gasteiger partial charge on any atom is 0.266 e. The fraction of sp³-hybridized carbons (Fsp3) is 0.0526. The number of hydrogen-bond acceptors (Lipinski definition) is 4. The lowest BCUT2D eigenvalue weighted by molar-refractivity contribution is 0.105. The van der Waals surface area contributed by atoms with Crippen LogP contribution in [-0.4, -0.2) is 17.9 Å². The Hall–Kier alpha value is -2.34. The van der Waals surface area contributed by atoms with Crippen LogP contribution in [-0.2, 0) is 0 Å². The average molecular weight is 406 g/mol. The standard InChI is InChI=1S/C19H13Cl2NO3S/c1-25-15-8-3-2-6-12(15)14(23)10-17-22-19(24)16(26-17)9-11-5-4-7-13(20)18(11)21/h2-10H,1H3,(H,22,24)/b16-9+,17-10+. The zero-order chi connectivity index (χ0) is 18.7. The molecule has 3 aromatic rings. The summed E-state index contributed by atoms with van der Waals surface area (Å²) in [6, 6.07) is 12.1. The van der Waals surface area contributed by atoms with E-state index in [2.05, 4.69) is 4.98 Å². The van der Waals surface area contributed by atoms with Crippen LogP contribution in [0.25, 0.3) is 12.2 Å². The van der Waals surface area contributed by atoms with Gasteiger partial charge in [-0.05, 0) is 29.8 Å². The van der Waals surface area contributed by atoms with Crippen molar-refractivity contribution in [3.8, 4) is 5.75 Å². The molecule has 4 nitrogen and oxygen atoms in total. The van der Waals surface area contributed by atoms with Crippen molar-refractivity contribution in [1.82, 2.24) is 4.98 Å². The number of carbonyl (C=O) groups is 1. The molecule has 0 aliphatic carbocycles. The number of halogens is 2. The van der Waals surface area contributed by atoms with Crippen LogP contribution in [0.1, 0.15) is 15.9 Å². The normalized spacial score (nSPS) is 12.4. The van der Waals surface area contributed by atoms with Crippen molar-refractivity contribution in [2.75, 3.05) is 7.11 Å². The van der Waals surface area contributed by atoms with E-state index >= 15 is 0 Å². The number of rotatable bonds is 4. The number of ether oxygens (including phenoxy) is 1. The van der Waals surface area contributed by atoms with E-state index in [1.165, 1.54) is 13.2 Å². The third-order valence-corrected chi connectivity index (χ3v) is 5.38. The van der Waals surface area contributed by atoms with Gasteiger partial charge in [-0.15, -0.1) is 11.3 Å². The van der Waals surface area contributed by atoms with Gasteiger partial charge in [0.25, 0.3) is 5.56 Å². The summed E-state index contributed by atoms with van der Waals surface area (Å²) in [6.07, 6.45) is 3.02. The van der Waals surface area contributed by atoms with Crippen LogP contribution in [0.5, 0.6) is 5.75 Å². The summed E-state index contributed by atoms with van der Waals surface area (Å²) in [7, 11) is 1.50. The highest BCUT2D eigenvalue weighted by atomic mass is 35.5. The Morgan fingerprint density at radius 2 is 1.92 bits per heavy atom. The van der Waals surface area contributed by atoms with Crippen molar-refractivity contribution in [2.24, 2.45) is 0 Å². The van der Waals surface area contributed by atoms with E-state index in [9.17, 15) is 9.59 Å². The van der Waals surface area contributed by atoms with E-state index in [0.717, 1.165) is 11.3 Å². The summed E-state index contributed by atoms with van der Waals surface area (Å²) in [5.41, 5.74) is 0.756. The molecule has 0 atom stereocenters. The van der Waals surface area contributed by atoms with Gasteiger partial charge in [0.05, 0.1) is 31.9 Å². The highest BCUT2D eigenvalue weighted by molar-refractivity contribution is 7.07. The van der Waals surface area contributed by atoms with Crippen LogP contribution < -0.4 is 19.5 Å². The number of ketones is 1. The SMILES string of the molecule is COc1ccccc1C(=O)/C=c1\[nH]c(=O)/c(=C\c2cccc(Cl)c2Cl)s1. The Bertz CT molecular complexity index is 1150. The molecule has 2 aromatic carbocycles. The third kappa shape index (κ3) is 3.90. The Kier molecular flexibility index (Phi) is 5.61. The first-order chi connectivity index (χ1) is 12.5. The number of carbonyl (C=O) groups excluding carboxylic acids is 1. The van der Waals surface area contributed by atoms with Gasteiger partial charge < -0.3 is 9.72 Å². The van der Waals surface area contributed by atoms with Gasteiger partial charge in [0.1, 0.15) is 5.75 Å². The van der Waals surface area contributed by atoms with E-state index in [1.54, 1.807) is 48.5 Å². The van der Waals surface area contributed by atoms with Crippen LogP contribution in [0, 0.1) is 0 Å². The first kappa shape index (κ1) is 18.5. The number of Topliss-reactive ketones (excluding diaryl/α,β-unsaturated/α-hetero) is 1. The number of thiazole rings is 1. The van der Waals surface area contributed by atoms with E-state index < -0.39 is 0 Å². The molecule has 0 aliphatic heterocycles. The van der Waals surface area contributed by atoms with Crippen LogP contribution >= 0.6 is 34.5 Å². The maximum atomic E-state index is 12.5. The summed E-state index contributed by atoms with van der Waals surface area (Å²) in [5, 5.41) is 0.782. The lowest BCUT2D eigenvalue weighted by atomic mass is 10.1. The van der Waals surface area contributed by atoms with E-state index in [4.69, 9.17) is 27.9 Å². The summed E-state index contributed by atoms with van der Waals surface area (Å²) in [5.74, 6) is 0.220. The number of benzene rings is 2. The van der Waals surface area contributed by atoms with Crippen molar-refractivity contribution >= 4 is 52.5 Å². The van der Waals surface area contributed by atoms with E-state index in [0.29, 0.717) is 36.1 Å². The van der Waals surface area contributed by atoms with Gasteiger partial charge in [-0.1, -0.05) is 47.5 Å². The first-order valence-corrected chi connectivity index (χ1v) is 9.11. The Morgan fingerprint density at radius 3 is 2.69 bits per heavy atom. The molecule has 7 heteroatoms. The van der Waals surface area contributed by atoms with Gasteiger partial charge >= 0.3 is 0 Å². The molecule has 0 saturated heterocycles. The fourth-order valence-electron chi connectivity index (χ4n) is 2.34. The van der Waals surface area contributed by atoms with Gasteiger partial charge in [-0.25, -0.2) is 0 Å². The zero-order valence-electron chi connectivity index (χ0n) is 13.6. The highest BCUT2D eigenvalue weighted by Crippen LogP contribution is 2.25. The summed E-state index contributed by atoms with van der Waals surface area (Å²) < 4.78 is 6.06. The topological polar surface area (TPSA) is 59.2 Å². The molecule has 0 radical (unpaired) electrons. The fourth-order valence-corrected chi connectivity index (χ4v) is 3.58. The number of H-pyrrole nitrogens is 1. The van der Waals surface area contributed by atoms with Crippen molar-refractivity contribution in [3.63, 3.8) is 0 Å². The van der Waals surface area contributed by atoms with Crippen LogP contribution in [0.3, 0.4) is 0 Å². The molecule has 26 heavy (non-hydrogen) atoms. The van der Waals surface area contributed by atoms with Crippen LogP contribution in [0.15, 0.2) is 47.3 Å². The molecule has 0 aliphatic rings. The number of para-hydroxylation sites is 1. The largest absolute Gasteiger partial charge is 0.496 e. The number of aromatic nitrogens is 1. The molecule has 132 valence electrons. The van der Waals surface area contributed by atoms with Gasteiger partial charge in [-0.3, -0.25) is 9.59 Å². The predicted molar refractivity (Wildman–Crippen MR) is 106 cm³/mol. The first-order valence-electron chi connectivity index (χ1n) is 7.53. The van der Waals surface area contributed by atoms with Crippen molar-refractivity contribution in [3.05, 3.63) is 83.2 Å². The summed E-state index contributed by atoms with van der Waals surface area (Å²) in [4.78, 5) is 27.3. The predicted octanol–water partition coefficient (Wildman–Crippen LogP) is 3.24. The molecule has 1 heterocycles. The van der Waals surface area contributed by atoms with Gasteiger partial charge in [0.15, 0.2) is 5.78 Å². The monoisotopic (exact) mass is 405 g/mol. The molecule has 0 unspecified atom stereocenters. The molecule has 0 amide bonds. The average Bonchev–Trinajstić information content (AvgIpc) is 2.97. The second-order valence-electron chi connectivity index (χ2n) is 5.28. The lowest BCUT2D eigenvalue weighted by Gasteiger charge is -2.03. The second kappa shape index (κ2) is 7.91. The molecule has 1 N–H and O–H groups in total. The molecule has 0 fully saturated rings. The van der Waals surface area contributed by atoms with Crippen molar-refractivity contribution < 1.29 is 9.53 Å².